The molecule has 0 radical (unpaired) electrons. The molecular formula is C15H20BrFN2O. The molecule has 1 aliphatic heterocycles. The van der Waals surface area contributed by atoms with Crippen molar-refractivity contribution in [2.24, 2.45) is 0 Å². The molecule has 0 aromatic heterocycles. The summed E-state index contributed by atoms with van der Waals surface area (Å²) in [6.45, 7) is 4.92. The van der Waals surface area contributed by atoms with Gasteiger partial charge < -0.3 is 5.32 Å². The van der Waals surface area contributed by atoms with E-state index < -0.39 is 0 Å². The average molecular weight is 343 g/mol. The summed E-state index contributed by atoms with van der Waals surface area (Å²) in [5, 5.41) is 2.92. The zero-order valence-corrected chi connectivity index (χ0v) is 13.2. The van der Waals surface area contributed by atoms with Crippen LogP contribution in [0.1, 0.15) is 25.3 Å². The molecule has 5 heteroatoms. The lowest BCUT2D eigenvalue weighted by atomic mass is 10.1. The van der Waals surface area contributed by atoms with Crippen LogP contribution in [0.2, 0.25) is 0 Å². The second-order valence-corrected chi connectivity index (χ2v) is 6.06. The van der Waals surface area contributed by atoms with Gasteiger partial charge in [0.15, 0.2) is 0 Å². The lowest BCUT2D eigenvalue weighted by Crippen LogP contribution is -2.40. The second kappa shape index (κ2) is 7.18. The number of halogens is 2. The molecule has 110 valence electrons. The number of carbonyl (C=O) groups excluding carboxylic acids is 1. The topological polar surface area (TPSA) is 32.3 Å². The van der Waals surface area contributed by atoms with E-state index in [0.29, 0.717) is 22.6 Å². The number of amides is 1. The van der Waals surface area contributed by atoms with Crippen molar-refractivity contribution in [3.05, 3.63) is 34.1 Å². The molecule has 1 N–H and O–H groups in total. The molecular weight excluding hydrogens is 323 g/mol. The number of hydrogen-bond acceptors (Lipinski definition) is 2. The van der Waals surface area contributed by atoms with Crippen LogP contribution in [0.3, 0.4) is 0 Å². The molecule has 1 amide bonds. The molecule has 0 aliphatic carbocycles. The first kappa shape index (κ1) is 15.4. The van der Waals surface area contributed by atoms with Crippen LogP contribution in [-0.4, -0.2) is 36.5 Å². The Balaban J connectivity index is 1.83. The van der Waals surface area contributed by atoms with Crippen LogP contribution in [0.4, 0.5) is 4.39 Å². The number of carbonyl (C=O) groups is 1. The summed E-state index contributed by atoms with van der Waals surface area (Å²) >= 11 is 3.21. The molecule has 2 rings (SSSR count). The zero-order valence-electron chi connectivity index (χ0n) is 11.7. The van der Waals surface area contributed by atoms with Crippen molar-refractivity contribution in [2.75, 3.05) is 19.6 Å². The Bertz CT molecular complexity index is 481. The van der Waals surface area contributed by atoms with E-state index in [1.165, 1.54) is 12.5 Å². The number of likely N-dealkylation sites (tertiary alicyclic amines) is 1. The SMILES string of the molecule is CCN1CCCC1CNC(=O)Cc1ccc(Br)cc1F. The van der Waals surface area contributed by atoms with E-state index >= 15 is 0 Å². The van der Waals surface area contributed by atoms with Gasteiger partial charge in [-0.05, 0) is 43.6 Å². The molecule has 1 fully saturated rings. The van der Waals surface area contributed by atoms with Crippen LogP contribution in [0, 0.1) is 5.82 Å². The van der Waals surface area contributed by atoms with Gasteiger partial charge >= 0.3 is 0 Å². The summed E-state index contributed by atoms with van der Waals surface area (Å²) < 4.78 is 14.3. The Morgan fingerprint density at radius 1 is 1.55 bits per heavy atom. The molecule has 0 bridgehead atoms. The average Bonchev–Trinajstić information content (AvgIpc) is 2.87. The van der Waals surface area contributed by atoms with Gasteiger partial charge in [0.2, 0.25) is 5.91 Å². The van der Waals surface area contributed by atoms with Crippen LogP contribution < -0.4 is 5.32 Å². The Kier molecular flexibility index (Phi) is 5.54. The minimum Gasteiger partial charge on any atom is -0.354 e. The summed E-state index contributed by atoms with van der Waals surface area (Å²) in [7, 11) is 0. The molecule has 0 saturated carbocycles. The van der Waals surface area contributed by atoms with Crippen LogP contribution in [0.25, 0.3) is 0 Å². The second-order valence-electron chi connectivity index (χ2n) is 5.14. The normalized spacial score (nSPS) is 19.2. The van der Waals surface area contributed by atoms with Gasteiger partial charge in [0.25, 0.3) is 0 Å². The van der Waals surface area contributed by atoms with E-state index in [0.717, 1.165) is 19.5 Å². The number of nitrogens with one attached hydrogen (secondary N) is 1. The molecule has 1 aliphatic rings. The van der Waals surface area contributed by atoms with Crippen molar-refractivity contribution in [1.82, 2.24) is 10.2 Å². The fourth-order valence-electron chi connectivity index (χ4n) is 2.67. The van der Waals surface area contributed by atoms with Gasteiger partial charge in [0.05, 0.1) is 6.42 Å². The summed E-state index contributed by atoms with van der Waals surface area (Å²) in [5.74, 6) is -0.459. The standard InChI is InChI=1S/C15H20BrFN2O/c1-2-19-7-3-4-13(19)10-18-15(20)8-11-5-6-12(16)9-14(11)17/h5-6,9,13H,2-4,7-8,10H2,1H3,(H,18,20). The van der Waals surface area contributed by atoms with Gasteiger partial charge in [0, 0.05) is 17.1 Å². The number of rotatable bonds is 5. The van der Waals surface area contributed by atoms with E-state index in [9.17, 15) is 9.18 Å². The fourth-order valence-corrected chi connectivity index (χ4v) is 3.01. The van der Waals surface area contributed by atoms with Crippen molar-refractivity contribution in [3.8, 4) is 0 Å². The first-order valence-corrected chi connectivity index (χ1v) is 7.84. The monoisotopic (exact) mass is 342 g/mol. The summed E-state index contributed by atoms with van der Waals surface area (Å²) in [6.07, 6.45) is 2.41. The summed E-state index contributed by atoms with van der Waals surface area (Å²) in [4.78, 5) is 14.3. The van der Waals surface area contributed by atoms with E-state index in [1.54, 1.807) is 12.1 Å². The van der Waals surface area contributed by atoms with E-state index in [1.807, 2.05) is 0 Å². The highest BCUT2D eigenvalue weighted by atomic mass is 79.9. The van der Waals surface area contributed by atoms with E-state index in [4.69, 9.17) is 0 Å². The molecule has 3 nitrogen and oxygen atoms in total. The third kappa shape index (κ3) is 4.03. The molecule has 1 heterocycles. The highest BCUT2D eigenvalue weighted by molar-refractivity contribution is 9.10. The smallest absolute Gasteiger partial charge is 0.224 e. The highest BCUT2D eigenvalue weighted by Gasteiger charge is 2.23. The Hall–Kier alpha value is -0.940. The maximum absolute atomic E-state index is 13.7. The molecule has 1 atom stereocenters. The molecule has 1 unspecified atom stereocenters. The van der Waals surface area contributed by atoms with Crippen LogP contribution in [0.15, 0.2) is 22.7 Å². The minimum atomic E-state index is -0.342. The maximum Gasteiger partial charge on any atom is 0.224 e. The Morgan fingerprint density at radius 3 is 3.05 bits per heavy atom. The highest BCUT2D eigenvalue weighted by Crippen LogP contribution is 2.17. The Morgan fingerprint density at radius 2 is 2.35 bits per heavy atom. The number of likely N-dealkylation sites (N-methyl/N-ethyl adjacent to an activating group) is 1. The molecule has 1 aromatic carbocycles. The van der Waals surface area contributed by atoms with Crippen LogP contribution in [0.5, 0.6) is 0 Å². The van der Waals surface area contributed by atoms with Crippen molar-refractivity contribution in [3.63, 3.8) is 0 Å². The van der Waals surface area contributed by atoms with Gasteiger partial charge in [-0.1, -0.05) is 28.9 Å². The van der Waals surface area contributed by atoms with Gasteiger partial charge in [-0.25, -0.2) is 4.39 Å². The van der Waals surface area contributed by atoms with Gasteiger partial charge in [-0.15, -0.1) is 0 Å². The van der Waals surface area contributed by atoms with Crippen molar-refractivity contribution >= 4 is 21.8 Å². The third-order valence-corrected chi connectivity index (χ3v) is 4.30. The quantitative estimate of drug-likeness (QED) is 0.892. The minimum absolute atomic E-state index is 0.0952. The number of hydrogen-bond donors (Lipinski definition) is 1. The van der Waals surface area contributed by atoms with Crippen molar-refractivity contribution in [2.45, 2.75) is 32.2 Å². The van der Waals surface area contributed by atoms with Gasteiger partial charge in [0.1, 0.15) is 5.82 Å². The van der Waals surface area contributed by atoms with E-state index in [2.05, 4.69) is 33.1 Å². The summed E-state index contributed by atoms with van der Waals surface area (Å²) in [6, 6.07) is 5.21. The fraction of sp³-hybridized carbons (Fsp3) is 0.533. The maximum atomic E-state index is 13.7. The van der Waals surface area contributed by atoms with Gasteiger partial charge in [-0.2, -0.15) is 0 Å². The van der Waals surface area contributed by atoms with E-state index in [-0.39, 0.29) is 18.1 Å². The zero-order chi connectivity index (χ0) is 14.5. The van der Waals surface area contributed by atoms with Crippen LogP contribution in [-0.2, 0) is 11.2 Å². The molecule has 1 aromatic rings. The molecule has 20 heavy (non-hydrogen) atoms. The van der Waals surface area contributed by atoms with Crippen LogP contribution >= 0.6 is 15.9 Å². The summed E-state index contributed by atoms with van der Waals surface area (Å²) in [5.41, 5.74) is 0.435. The van der Waals surface area contributed by atoms with Crippen molar-refractivity contribution in [1.29, 1.82) is 0 Å². The molecule has 0 spiro atoms. The number of benzene rings is 1. The lowest BCUT2D eigenvalue weighted by Gasteiger charge is -2.22. The lowest BCUT2D eigenvalue weighted by molar-refractivity contribution is -0.120. The first-order valence-electron chi connectivity index (χ1n) is 7.05. The molecule has 1 saturated heterocycles. The Labute approximate surface area is 127 Å². The third-order valence-electron chi connectivity index (χ3n) is 3.81. The predicted octanol–water partition coefficient (Wildman–Crippen LogP) is 2.73. The van der Waals surface area contributed by atoms with Gasteiger partial charge in [-0.3, -0.25) is 9.69 Å². The largest absolute Gasteiger partial charge is 0.354 e. The van der Waals surface area contributed by atoms with Crippen molar-refractivity contribution < 1.29 is 9.18 Å². The number of nitrogens with zero attached hydrogens (tertiary/aromatic N) is 1. The first-order chi connectivity index (χ1) is 9.60. The predicted molar refractivity (Wildman–Crippen MR) is 81.1 cm³/mol.